The molecule has 0 bridgehead atoms. The van der Waals surface area contributed by atoms with E-state index in [1.807, 2.05) is 11.4 Å². The molecule has 1 fully saturated rings. The lowest BCUT2D eigenvalue weighted by Crippen LogP contribution is -2.41. The molecule has 3 rings (SSSR count). The number of piperidine rings is 1. The molecule has 2 aromatic rings. The minimum Gasteiger partial charge on any atom is -0.455 e. The summed E-state index contributed by atoms with van der Waals surface area (Å²) in [5, 5.41) is 4.04. The first kappa shape index (κ1) is 19.8. The number of benzene rings is 1. The van der Waals surface area contributed by atoms with Gasteiger partial charge in [-0.3, -0.25) is 24.5 Å². The molecule has 1 aliphatic heterocycles. The lowest BCUT2D eigenvalue weighted by Gasteiger charge is -2.30. The summed E-state index contributed by atoms with van der Waals surface area (Å²) in [4.78, 5) is 50.6. The van der Waals surface area contributed by atoms with Crippen LogP contribution in [-0.4, -0.2) is 48.3 Å². The lowest BCUT2D eigenvalue weighted by molar-refractivity contribution is -0.153. The van der Waals surface area contributed by atoms with Crippen molar-refractivity contribution in [1.82, 2.24) is 10.2 Å². The van der Waals surface area contributed by atoms with Gasteiger partial charge in [0.05, 0.1) is 10.8 Å². The van der Waals surface area contributed by atoms with Crippen LogP contribution in [0, 0.1) is 5.92 Å². The third kappa shape index (κ3) is 5.04. The fourth-order valence-electron chi connectivity index (χ4n) is 2.95. The van der Waals surface area contributed by atoms with Crippen molar-refractivity contribution in [3.8, 4) is 0 Å². The molecule has 0 spiro atoms. The van der Waals surface area contributed by atoms with Crippen LogP contribution in [0.15, 0.2) is 47.8 Å². The summed E-state index contributed by atoms with van der Waals surface area (Å²) < 4.78 is 5.04. The van der Waals surface area contributed by atoms with Crippen molar-refractivity contribution >= 4 is 35.0 Å². The number of hydrogen-bond donors (Lipinski definition) is 1. The Morgan fingerprint density at radius 2 is 1.75 bits per heavy atom. The van der Waals surface area contributed by atoms with Crippen LogP contribution in [0.25, 0.3) is 0 Å². The molecule has 1 N–H and O–H groups in total. The standard InChI is InChI=1S/C20H20N2O5S/c23-17(21-18(24)14-5-2-1-3-6-14)13-27-20(26)15-8-10-22(11-9-15)19(25)16-7-4-12-28-16/h1-7,12,15H,8-11,13H2,(H,21,23,24). The summed E-state index contributed by atoms with van der Waals surface area (Å²) in [6, 6.07) is 11.9. The zero-order valence-electron chi connectivity index (χ0n) is 15.1. The number of likely N-dealkylation sites (tertiary alicyclic amines) is 1. The summed E-state index contributed by atoms with van der Waals surface area (Å²) in [7, 11) is 0. The van der Waals surface area contributed by atoms with E-state index < -0.39 is 24.4 Å². The first-order valence-electron chi connectivity index (χ1n) is 8.93. The monoisotopic (exact) mass is 400 g/mol. The Morgan fingerprint density at radius 1 is 1.04 bits per heavy atom. The van der Waals surface area contributed by atoms with Crippen molar-refractivity contribution in [2.24, 2.45) is 5.92 Å². The first-order valence-corrected chi connectivity index (χ1v) is 9.81. The topological polar surface area (TPSA) is 92.8 Å². The van der Waals surface area contributed by atoms with E-state index in [2.05, 4.69) is 5.32 Å². The van der Waals surface area contributed by atoms with Crippen LogP contribution in [0.4, 0.5) is 0 Å². The summed E-state index contributed by atoms with van der Waals surface area (Å²) in [5.74, 6) is -2.08. The van der Waals surface area contributed by atoms with Gasteiger partial charge in [0.2, 0.25) is 0 Å². The van der Waals surface area contributed by atoms with Gasteiger partial charge in [0.1, 0.15) is 0 Å². The highest BCUT2D eigenvalue weighted by Crippen LogP contribution is 2.21. The maximum atomic E-state index is 12.3. The van der Waals surface area contributed by atoms with Crippen molar-refractivity contribution in [2.75, 3.05) is 19.7 Å². The number of hydrogen-bond acceptors (Lipinski definition) is 6. The molecule has 1 saturated heterocycles. The van der Waals surface area contributed by atoms with Gasteiger partial charge in [-0.15, -0.1) is 11.3 Å². The van der Waals surface area contributed by atoms with E-state index in [0.717, 1.165) is 0 Å². The minimum atomic E-state index is -0.674. The highest BCUT2D eigenvalue weighted by atomic mass is 32.1. The van der Waals surface area contributed by atoms with E-state index >= 15 is 0 Å². The highest BCUT2D eigenvalue weighted by molar-refractivity contribution is 7.12. The molecule has 7 nitrogen and oxygen atoms in total. The van der Waals surface area contributed by atoms with Crippen molar-refractivity contribution < 1.29 is 23.9 Å². The SMILES string of the molecule is O=C(COC(=O)C1CCN(C(=O)c2cccs2)CC1)NC(=O)c1ccccc1. The van der Waals surface area contributed by atoms with Crippen molar-refractivity contribution in [1.29, 1.82) is 0 Å². The molecular weight excluding hydrogens is 380 g/mol. The van der Waals surface area contributed by atoms with Crippen LogP contribution in [0.3, 0.4) is 0 Å². The van der Waals surface area contributed by atoms with Gasteiger partial charge in [-0.25, -0.2) is 0 Å². The molecule has 146 valence electrons. The van der Waals surface area contributed by atoms with Gasteiger partial charge in [0.15, 0.2) is 6.61 Å². The molecule has 28 heavy (non-hydrogen) atoms. The van der Waals surface area contributed by atoms with E-state index in [4.69, 9.17) is 4.74 Å². The number of imide groups is 1. The van der Waals surface area contributed by atoms with Crippen LogP contribution in [0.2, 0.25) is 0 Å². The number of amides is 3. The number of thiophene rings is 1. The molecule has 0 radical (unpaired) electrons. The maximum Gasteiger partial charge on any atom is 0.309 e. The number of rotatable bonds is 5. The molecule has 1 aliphatic rings. The van der Waals surface area contributed by atoms with E-state index in [1.54, 1.807) is 41.3 Å². The normalized spacial score (nSPS) is 14.4. The molecule has 8 heteroatoms. The Labute approximate surface area is 166 Å². The second-order valence-electron chi connectivity index (χ2n) is 6.39. The van der Waals surface area contributed by atoms with Crippen molar-refractivity contribution in [3.63, 3.8) is 0 Å². The Kier molecular flexibility index (Phi) is 6.54. The largest absolute Gasteiger partial charge is 0.455 e. The Balaban J connectivity index is 1.40. The van der Waals surface area contributed by atoms with Crippen LogP contribution >= 0.6 is 11.3 Å². The molecule has 0 aliphatic carbocycles. The summed E-state index contributed by atoms with van der Waals surface area (Å²) in [5.41, 5.74) is 0.352. The molecular formula is C20H20N2O5S. The quantitative estimate of drug-likeness (QED) is 0.776. The molecule has 2 heterocycles. The number of nitrogens with one attached hydrogen (secondary N) is 1. The third-order valence-electron chi connectivity index (χ3n) is 4.48. The fraction of sp³-hybridized carbons (Fsp3) is 0.300. The van der Waals surface area contributed by atoms with E-state index in [0.29, 0.717) is 36.4 Å². The van der Waals surface area contributed by atoms with Gasteiger partial charge < -0.3 is 9.64 Å². The molecule has 0 saturated carbocycles. The average molecular weight is 400 g/mol. The number of carbonyl (C=O) groups excluding carboxylic acids is 4. The van der Waals surface area contributed by atoms with Gasteiger partial charge in [0, 0.05) is 18.7 Å². The fourth-order valence-corrected chi connectivity index (χ4v) is 3.64. The predicted molar refractivity (Wildman–Crippen MR) is 103 cm³/mol. The third-order valence-corrected chi connectivity index (χ3v) is 5.34. The smallest absolute Gasteiger partial charge is 0.309 e. The van der Waals surface area contributed by atoms with Gasteiger partial charge in [-0.1, -0.05) is 24.3 Å². The van der Waals surface area contributed by atoms with Gasteiger partial charge >= 0.3 is 5.97 Å². The Bertz CT molecular complexity index is 843. The summed E-state index contributed by atoms with van der Waals surface area (Å²) >= 11 is 1.39. The molecule has 1 aromatic carbocycles. The number of carbonyl (C=O) groups is 4. The van der Waals surface area contributed by atoms with Gasteiger partial charge in [-0.05, 0) is 36.4 Å². The second kappa shape index (κ2) is 9.27. The lowest BCUT2D eigenvalue weighted by atomic mass is 9.97. The predicted octanol–water partition coefficient (Wildman–Crippen LogP) is 2.10. The van der Waals surface area contributed by atoms with E-state index in [-0.39, 0.29) is 11.8 Å². The second-order valence-corrected chi connectivity index (χ2v) is 7.34. The summed E-state index contributed by atoms with van der Waals surface area (Å²) in [6.45, 7) is 0.427. The van der Waals surface area contributed by atoms with E-state index in [1.165, 1.54) is 11.3 Å². The van der Waals surface area contributed by atoms with Crippen molar-refractivity contribution in [2.45, 2.75) is 12.8 Å². The number of ether oxygens (including phenoxy) is 1. The zero-order chi connectivity index (χ0) is 19.9. The minimum absolute atomic E-state index is 0.0272. The molecule has 0 atom stereocenters. The highest BCUT2D eigenvalue weighted by Gasteiger charge is 2.29. The molecule has 0 unspecified atom stereocenters. The zero-order valence-corrected chi connectivity index (χ0v) is 15.9. The van der Waals surface area contributed by atoms with Crippen LogP contribution in [0.5, 0.6) is 0 Å². The number of nitrogens with zero attached hydrogens (tertiary/aromatic N) is 1. The van der Waals surface area contributed by atoms with Gasteiger partial charge in [-0.2, -0.15) is 0 Å². The molecule has 1 aromatic heterocycles. The van der Waals surface area contributed by atoms with Crippen molar-refractivity contribution in [3.05, 3.63) is 58.3 Å². The molecule has 3 amide bonds. The van der Waals surface area contributed by atoms with Crippen LogP contribution in [0.1, 0.15) is 32.9 Å². The van der Waals surface area contributed by atoms with Crippen LogP contribution in [-0.2, 0) is 14.3 Å². The Morgan fingerprint density at radius 3 is 2.39 bits per heavy atom. The summed E-state index contributed by atoms with van der Waals surface area (Å²) in [6.07, 6.45) is 0.973. The maximum absolute atomic E-state index is 12.3. The number of esters is 1. The van der Waals surface area contributed by atoms with E-state index in [9.17, 15) is 19.2 Å². The first-order chi connectivity index (χ1) is 13.5. The average Bonchev–Trinajstić information content (AvgIpc) is 3.27. The van der Waals surface area contributed by atoms with Crippen LogP contribution < -0.4 is 5.32 Å². The van der Waals surface area contributed by atoms with Gasteiger partial charge in [0.25, 0.3) is 17.7 Å². The Hall–Kier alpha value is -3.00.